The van der Waals surface area contributed by atoms with Gasteiger partial charge < -0.3 is 5.32 Å². The minimum Gasteiger partial charge on any atom is -0.367 e. The Hall–Kier alpha value is -2.50. The van der Waals surface area contributed by atoms with Crippen molar-refractivity contribution in [2.45, 2.75) is 51.5 Å². The number of rotatable bonds is 3. The van der Waals surface area contributed by atoms with Gasteiger partial charge in [-0.3, -0.25) is 0 Å². The Morgan fingerprint density at radius 2 is 1.84 bits per heavy atom. The van der Waals surface area contributed by atoms with E-state index in [0.29, 0.717) is 17.4 Å². The Morgan fingerprint density at radius 1 is 1.08 bits per heavy atom. The SMILES string of the molecule is Cc1nn(-c2ccccc2F)c2ncnc(NC3CCCCCC3)c12. The van der Waals surface area contributed by atoms with Gasteiger partial charge in [-0.1, -0.05) is 37.8 Å². The van der Waals surface area contributed by atoms with Crippen LogP contribution in [0.1, 0.15) is 44.2 Å². The highest BCUT2D eigenvalue weighted by Crippen LogP contribution is 2.28. The van der Waals surface area contributed by atoms with E-state index in [4.69, 9.17) is 0 Å². The lowest BCUT2D eigenvalue weighted by molar-refractivity contribution is 0.612. The van der Waals surface area contributed by atoms with Crippen molar-refractivity contribution < 1.29 is 4.39 Å². The third-order valence-corrected chi connectivity index (χ3v) is 4.92. The predicted octanol–water partition coefficient (Wildman–Crippen LogP) is 4.40. The van der Waals surface area contributed by atoms with Gasteiger partial charge in [0.1, 0.15) is 23.6 Å². The summed E-state index contributed by atoms with van der Waals surface area (Å²) in [5.41, 5.74) is 1.84. The third-order valence-electron chi connectivity index (χ3n) is 4.92. The molecule has 0 bridgehead atoms. The van der Waals surface area contributed by atoms with Crippen LogP contribution in [-0.2, 0) is 0 Å². The molecule has 1 N–H and O–H groups in total. The van der Waals surface area contributed by atoms with Gasteiger partial charge in [0.05, 0.1) is 11.1 Å². The predicted molar refractivity (Wildman–Crippen MR) is 96.5 cm³/mol. The fourth-order valence-corrected chi connectivity index (χ4v) is 3.64. The molecule has 0 spiro atoms. The molecule has 0 amide bonds. The van der Waals surface area contributed by atoms with Crippen LogP contribution in [0.15, 0.2) is 30.6 Å². The van der Waals surface area contributed by atoms with E-state index in [0.717, 1.165) is 29.7 Å². The zero-order chi connectivity index (χ0) is 17.2. The largest absolute Gasteiger partial charge is 0.367 e. The standard InChI is InChI=1S/C19H22FN5/c1-13-17-18(23-14-8-4-2-3-5-9-14)21-12-22-19(17)25(24-13)16-11-7-6-10-15(16)20/h6-7,10-12,14H,2-5,8-9H2,1H3,(H,21,22,23). The summed E-state index contributed by atoms with van der Waals surface area (Å²) in [6.45, 7) is 1.92. The first kappa shape index (κ1) is 16.0. The third kappa shape index (κ3) is 3.08. The maximum atomic E-state index is 14.2. The molecule has 0 saturated heterocycles. The lowest BCUT2D eigenvalue weighted by Crippen LogP contribution is -2.19. The van der Waals surface area contributed by atoms with Crippen LogP contribution in [-0.4, -0.2) is 25.8 Å². The van der Waals surface area contributed by atoms with Gasteiger partial charge in [-0.05, 0) is 31.9 Å². The van der Waals surface area contributed by atoms with Gasteiger partial charge in [-0.15, -0.1) is 0 Å². The van der Waals surface area contributed by atoms with Crippen LogP contribution in [0.3, 0.4) is 0 Å². The number of benzene rings is 1. The lowest BCUT2D eigenvalue weighted by Gasteiger charge is -2.17. The number of nitrogens with one attached hydrogen (secondary N) is 1. The van der Waals surface area contributed by atoms with E-state index in [-0.39, 0.29) is 5.82 Å². The number of fused-ring (bicyclic) bond motifs is 1. The normalized spacial score (nSPS) is 16.1. The number of halogens is 1. The molecular weight excluding hydrogens is 317 g/mol. The van der Waals surface area contributed by atoms with Gasteiger partial charge in [0.15, 0.2) is 5.65 Å². The minimum absolute atomic E-state index is 0.316. The van der Waals surface area contributed by atoms with Crippen molar-refractivity contribution in [3.63, 3.8) is 0 Å². The summed E-state index contributed by atoms with van der Waals surface area (Å²) < 4.78 is 15.8. The fourth-order valence-electron chi connectivity index (χ4n) is 3.64. The molecule has 6 heteroatoms. The van der Waals surface area contributed by atoms with Crippen LogP contribution in [0.2, 0.25) is 0 Å². The van der Waals surface area contributed by atoms with Crippen molar-refractivity contribution in [2.24, 2.45) is 0 Å². The van der Waals surface area contributed by atoms with Crippen molar-refractivity contribution in [3.05, 3.63) is 42.1 Å². The average Bonchev–Trinajstić information content (AvgIpc) is 2.79. The van der Waals surface area contributed by atoms with E-state index in [1.165, 1.54) is 38.1 Å². The monoisotopic (exact) mass is 339 g/mol. The van der Waals surface area contributed by atoms with E-state index in [1.807, 2.05) is 6.92 Å². The van der Waals surface area contributed by atoms with Crippen molar-refractivity contribution in [2.75, 3.05) is 5.32 Å². The molecule has 25 heavy (non-hydrogen) atoms. The molecule has 2 heterocycles. The Balaban J connectivity index is 1.76. The molecule has 130 valence electrons. The number of hydrogen-bond donors (Lipinski definition) is 1. The van der Waals surface area contributed by atoms with E-state index >= 15 is 0 Å². The number of aromatic nitrogens is 4. The summed E-state index contributed by atoms with van der Waals surface area (Å²) in [4.78, 5) is 8.83. The van der Waals surface area contributed by atoms with Crippen LogP contribution >= 0.6 is 0 Å². The number of para-hydroxylation sites is 1. The van der Waals surface area contributed by atoms with E-state index in [1.54, 1.807) is 22.9 Å². The van der Waals surface area contributed by atoms with Gasteiger partial charge in [-0.2, -0.15) is 5.10 Å². The quantitative estimate of drug-likeness (QED) is 0.719. The highest BCUT2D eigenvalue weighted by molar-refractivity contribution is 5.90. The summed E-state index contributed by atoms with van der Waals surface area (Å²) >= 11 is 0. The summed E-state index contributed by atoms with van der Waals surface area (Å²) in [5, 5.41) is 8.98. The molecule has 5 nitrogen and oxygen atoms in total. The number of nitrogens with zero attached hydrogens (tertiary/aromatic N) is 4. The molecule has 1 aromatic carbocycles. The highest BCUT2D eigenvalue weighted by Gasteiger charge is 2.19. The van der Waals surface area contributed by atoms with Crippen molar-refractivity contribution in [3.8, 4) is 5.69 Å². The second-order valence-corrected chi connectivity index (χ2v) is 6.70. The number of anilines is 1. The highest BCUT2D eigenvalue weighted by atomic mass is 19.1. The molecule has 2 aromatic heterocycles. The molecule has 0 unspecified atom stereocenters. The molecule has 1 aliphatic rings. The Kier molecular flexibility index (Phi) is 4.34. The summed E-state index contributed by atoms with van der Waals surface area (Å²) in [6.07, 6.45) is 8.96. The second kappa shape index (κ2) is 6.78. The summed E-state index contributed by atoms with van der Waals surface area (Å²) in [7, 11) is 0. The van der Waals surface area contributed by atoms with Gasteiger partial charge in [0, 0.05) is 6.04 Å². The average molecular weight is 339 g/mol. The van der Waals surface area contributed by atoms with Crippen molar-refractivity contribution >= 4 is 16.9 Å². The van der Waals surface area contributed by atoms with Gasteiger partial charge in [0.2, 0.25) is 0 Å². The Bertz CT molecular complexity index is 881. The zero-order valence-corrected chi connectivity index (χ0v) is 14.4. The summed E-state index contributed by atoms with van der Waals surface area (Å²) in [6, 6.07) is 7.04. The van der Waals surface area contributed by atoms with E-state index in [2.05, 4.69) is 20.4 Å². The second-order valence-electron chi connectivity index (χ2n) is 6.70. The molecule has 0 atom stereocenters. The molecule has 4 rings (SSSR count). The van der Waals surface area contributed by atoms with Crippen molar-refractivity contribution in [1.29, 1.82) is 0 Å². The maximum absolute atomic E-state index is 14.2. The first-order chi connectivity index (χ1) is 12.2. The fraction of sp³-hybridized carbons (Fsp3) is 0.421. The van der Waals surface area contributed by atoms with Gasteiger partial charge in [-0.25, -0.2) is 19.0 Å². The first-order valence-corrected chi connectivity index (χ1v) is 8.96. The van der Waals surface area contributed by atoms with Crippen LogP contribution < -0.4 is 5.32 Å². The summed E-state index contributed by atoms with van der Waals surface area (Å²) in [5.74, 6) is 0.487. The molecule has 1 aliphatic carbocycles. The molecule has 1 saturated carbocycles. The van der Waals surface area contributed by atoms with Gasteiger partial charge >= 0.3 is 0 Å². The molecular formula is C19H22FN5. The van der Waals surface area contributed by atoms with Gasteiger partial charge in [0.25, 0.3) is 0 Å². The molecule has 1 fully saturated rings. The van der Waals surface area contributed by atoms with Crippen LogP contribution in [0.5, 0.6) is 0 Å². The smallest absolute Gasteiger partial charge is 0.168 e. The molecule has 0 radical (unpaired) electrons. The Labute approximate surface area is 146 Å². The van der Waals surface area contributed by atoms with E-state index < -0.39 is 0 Å². The van der Waals surface area contributed by atoms with Crippen molar-refractivity contribution in [1.82, 2.24) is 19.7 Å². The molecule has 3 aromatic rings. The maximum Gasteiger partial charge on any atom is 0.168 e. The van der Waals surface area contributed by atoms with Crippen LogP contribution in [0.25, 0.3) is 16.7 Å². The van der Waals surface area contributed by atoms with Crippen LogP contribution in [0, 0.1) is 12.7 Å². The lowest BCUT2D eigenvalue weighted by atomic mass is 10.1. The van der Waals surface area contributed by atoms with Crippen LogP contribution in [0.4, 0.5) is 10.2 Å². The number of hydrogen-bond acceptors (Lipinski definition) is 4. The minimum atomic E-state index is -0.316. The zero-order valence-electron chi connectivity index (χ0n) is 14.4. The topological polar surface area (TPSA) is 55.6 Å². The first-order valence-electron chi connectivity index (χ1n) is 8.96. The number of aryl methyl sites for hydroxylation is 1. The molecule has 0 aliphatic heterocycles. The Morgan fingerprint density at radius 3 is 2.60 bits per heavy atom. The van der Waals surface area contributed by atoms with E-state index in [9.17, 15) is 4.39 Å².